The van der Waals surface area contributed by atoms with Crippen LogP contribution in [-0.4, -0.2) is 73.9 Å². The highest BCUT2D eigenvalue weighted by molar-refractivity contribution is 6.74. The van der Waals surface area contributed by atoms with Crippen molar-refractivity contribution in [3.05, 3.63) is 131 Å². The van der Waals surface area contributed by atoms with Crippen LogP contribution in [0, 0.1) is 0 Å². The fourth-order valence-corrected chi connectivity index (χ4v) is 6.45. The molecule has 1 saturated heterocycles. The molecule has 1 N–H and O–H groups in total. The van der Waals surface area contributed by atoms with E-state index in [4.69, 9.17) is 13.9 Å². The van der Waals surface area contributed by atoms with Gasteiger partial charge < -0.3 is 23.9 Å². The van der Waals surface area contributed by atoms with Gasteiger partial charge in [-0.15, -0.1) is 0 Å². The van der Waals surface area contributed by atoms with E-state index in [-0.39, 0.29) is 36.0 Å². The topological polar surface area (TPSA) is 74.7 Å². The Hall–Kier alpha value is -3.73. The van der Waals surface area contributed by atoms with Crippen molar-refractivity contribution in [2.24, 2.45) is 0 Å². The van der Waals surface area contributed by atoms with Gasteiger partial charge in [0.05, 0.1) is 31.6 Å². The highest BCUT2D eigenvalue weighted by Gasteiger charge is 2.47. The van der Waals surface area contributed by atoms with E-state index in [2.05, 4.69) is 63.1 Å². The normalized spacial score (nSPS) is 17.8. The molecule has 2 heterocycles. The van der Waals surface area contributed by atoms with Gasteiger partial charge in [-0.25, -0.2) is 0 Å². The second-order valence-electron chi connectivity index (χ2n) is 13.3. The van der Waals surface area contributed by atoms with Crippen LogP contribution in [0.1, 0.15) is 43.5 Å². The molecule has 1 amide bonds. The Bertz CT molecular complexity index is 1480. The minimum Gasteiger partial charge on any atom is -0.488 e. The molecule has 0 saturated carbocycles. The number of carbonyl (C=O) groups is 1. The van der Waals surface area contributed by atoms with E-state index in [0.29, 0.717) is 31.2 Å². The molecule has 0 aliphatic carbocycles. The zero-order chi connectivity index (χ0) is 32.9. The highest BCUT2D eigenvalue weighted by Crippen LogP contribution is 2.42. The maximum Gasteiger partial charge on any atom is 0.276 e. The summed E-state index contributed by atoms with van der Waals surface area (Å²) in [6.45, 7) is 12.5. The zero-order valence-electron chi connectivity index (χ0n) is 27.8. The van der Waals surface area contributed by atoms with Gasteiger partial charge in [0.25, 0.3) is 5.91 Å². The zero-order valence-corrected chi connectivity index (χ0v) is 28.8. The smallest absolute Gasteiger partial charge is 0.276 e. The predicted octanol–water partition coefficient (Wildman–Crippen LogP) is 6.45. The number of fused-ring (bicyclic) bond motifs is 1. The van der Waals surface area contributed by atoms with Crippen molar-refractivity contribution in [1.29, 1.82) is 0 Å². The van der Waals surface area contributed by atoms with Gasteiger partial charge >= 0.3 is 0 Å². The average Bonchev–Trinajstić information content (AvgIpc) is 3.04. The molecule has 9 heteroatoms. The molecule has 0 spiro atoms. The number of rotatable bonds is 12. The van der Waals surface area contributed by atoms with E-state index in [1.54, 1.807) is 18.1 Å². The number of nitrogens with zero attached hydrogens (tertiary/aromatic N) is 3. The largest absolute Gasteiger partial charge is 0.488 e. The van der Waals surface area contributed by atoms with E-state index in [1.165, 1.54) is 0 Å². The Morgan fingerprint density at radius 2 is 1.46 bits per heavy atom. The minimum absolute atomic E-state index is 0.0194. The fraction of sp³-hybridized carbons (Fsp3) is 0.378. The van der Waals surface area contributed by atoms with Gasteiger partial charge in [-0.05, 0) is 40.9 Å². The maximum absolute atomic E-state index is 14.5. The summed E-state index contributed by atoms with van der Waals surface area (Å²) < 4.78 is 18.5. The third kappa shape index (κ3) is 7.29. The molecule has 0 bridgehead atoms. The lowest BCUT2D eigenvalue weighted by molar-refractivity contribution is -0.154. The van der Waals surface area contributed by atoms with Crippen LogP contribution < -0.4 is 0 Å². The van der Waals surface area contributed by atoms with Gasteiger partial charge in [0, 0.05) is 13.7 Å². The summed E-state index contributed by atoms with van der Waals surface area (Å²) >= 11 is 0. The van der Waals surface area contributed by atoms with Crippen molar-refractivity contribution >= 4 is 14.2 Å². The van der Waals surface area contributed by atoms with Crippen LogP contribution in [0.25, 0.3) is 0 Å². The number of aliphatic hydroxyl groups excluding tert-OH is 1. The first kappa shape index (κ1) is 33.6. The summed E-state index contributed by atoms with van der Waals surface area (Å²) in [5.41, 5.74) is 4.07. The Balaban J connectivity index is 1.66. The lowest BCUT2D eigenvalue weighted by atomic mass is 9.97. The molecular formula is C37H47N3O5Si. The number of amides is 1. The Morgan fingerprint density at radius 3 is 2.00 bits per heavy atom. The molecule has 0 radical (unpaired) electrons. The van der Waals surface area contributed by atoms with Crippen molar-refractivity contribution in [2.45, 2.75) is 57.7 Å². The number of hydrogen-bond donors (Lipinski definition) is 1. The molecule has 1 atom stereocenters. The van der Waals surface area contributed by atoms with Crippen LogP contribution in [0.2, 0.25) is 18.1 Å². The van der Waals surface area contributed by atoms with Crippen molar-refractivity contribution in [3.8, 4) is 0 Å². The van der Waals surface area contributed by atoms with Crippen molar-refractivity contribution in [1.82, 2.24) is 14.9 Å². The van der Waals surface area contributed by atoms with E-state index in [1.807, 2.05) is 71.7 Å². The lowest BCUT2D eigenvalue weighted by Crippen LogP contribution is -2.61. The van der Waals surface area contributed by atoms with Crippen LogP contribution in [0.15, 0.2) is 114 Å². The van der Waals surface area contributed by atoms with Crippen LogP contribution in [0.4, 0.5) is 0 Å². The maximum atomic E-state index is 14.5. The summed E-state index contributed by atoms with van der Waals surface area (Å²) in [7, 11) is -0.564. The molecule has 46 heavy (non-hydrogen) atoms. The number of aliphatic hydroxyl groups is 1. The molecular weight excluding hydrogens is 595 g/mol. The SMILES string of the molecule is COCCN1CN(C(c2ccccc2)c2ccccc2)N2C(CO[Si](C)(C)C(C)(C)C)=CC(O)C(OCc3ccccc3)=C2C1=O. The van der Waals surface area contributed by atoms with Crippen LogP contribution in [0.3, 0.4) is 0 Å². The number of hydrogen-bond acceptors (Lipinski definition) is 7. The number of hydrazine groups is 1. The Morgan fingerprint density at radius 1 is 0.891 bits per heavy atom. The van der Waals surface area contributed by atoms with Gasteiger partial charge in [0.1, 0.15) is 12.7 Å². The monoisotopic (exact) mass is 641 g/mol. The summed E-state index contributed by atoms with van der Waals surface area (Å²) in [4.78, 5) is 16.2. The van der Waals surface area contributed by atoms with Gasteiger partial charge in [-0.1, -0.05) is 112 Å². The quantitative estimate of drug-likeness (QED) is 0.228. The predicted molar refractivity (Wildman–Crippen MR) is 182 cm³/mol. The molecule has 0 aromatic heterocycles. The number of benzene rings is 3. The standard InChI is InChI=1S/C37H47N3O5Si/c1-37(2,3)46(5,6)45-26-31-24-32(41)35(44-25-28-16-10-7-11-17-28)34-36(42)38(22-23-43-4)27-39(40(31)34)33(29-18-12-8-13-19-29)30-20-14-9-15-21-30/h7-21,24,32-33,41H,22-23,25-27H2,1-6H3. The van der Waals surface area contributed by atoms with Crippen molar-refractivity contribution in [2.75, 3.05) is 33.5 Å². The van der Waals surface area contributed by atoms with E-state index in [0.717, 1.165) is 16.7 Å². The van der Waals surface area contributed by atoms with Gasteiger partial charge in [0.15, 0.2) is 19.8 Å². The second-order valence-corrected chi connectivity index (χ2v) is 18.1. The number of methoxy groups -OCH3 is 1. The molecule has 244 valence electrons. The van der Waals surface area contributed by atoms with Crippen LogP contribution in [0.5, 0.6) is 0 Å². The van der Waals surface area contributed by atoms with E-state index >= 15 is 0 Å². The molecule has 1 unspecified atom stereocenters. The lowest BCUT2D eigenvalue weighted by Gasteiger charge is -2.51. The summed E-state index contributed by atoms with van der Waals surface area (Å²) in [6.07, 6.45) is 0.641. The van der Waals surface area contributed by atoms with Crippen molar-refractivity contribution in [3.63, 3.8) is 0 Å². The van der Waals surface area contributed by atoms with E-state index < -0.39 is 14.4 Å². The van der Waals surface area contributed by atoms with Gasteiger partial charge in [-0.3, -0.25) is 9.80 Å². The first-order chi connectivity index (χ1) is 22.0. The van der Waals surface area contributed by atoms with Gasteiger partial charge in [0.2, 0.25) is 0 Å². The molecule has 5 rings (SSSR count). The van der Waals surface area contributed by atoms with Crippen LogP contribution in [-0.2, 0) is 25.3 Å². The molecule has 8 nitrogen and oxygen atoms in total. The molecule has 3 aromatic rings. The second kappa shape index (κ2) is 14.4. The van der Waals surface area contributed by atoms with Gasteiger partial charge in [-0.2, -0.15) is 5.01 Å². The summed E-state index contributed by atoms with van der Waals surface area (Å²) in [5, 5.41) is 15.8. The first-order valence-corrected chi connectivity index (χ1v) is 18.8. The fourth-order valence-electron chi connectivity index (χ4n) is 5.51. The first-order valence-electron chi connectivity index (χ1n) is 15.9. The summed E-state index contributed by atoms with van der Waals surface area (Å²) in [6, 6.07) is 30.1. The molecule has 2 aliphatic heterocycles. The Kier molecular flexibility index (Phi) is 10.5. The van der Waals surface area contributed by atoms with Crippen LogP contribution >= 0.6 is 0 Å². The average molecular weight is 642 g/mol. The summed E-state index contributed by atoms with van der Waals surface area (Å²) in [5.74, 6) is -0.00914. The third-order valence-corrected chi connectivity index (χ3v) is 13.6. The number of carbonyl (C=O) groups excluding carboxylic acids is 1. The highest BCUT2D eigenvalue weighted by atomic mass is 28.4. The molecule has 1 fully saturated rings. The molecule has 2 aliphatic rings. The number of ether oxygens (including phenoxy) is 2. The minimum atomic E-state index is -2.20. The Labute approximate surface area is 274 Å². The molecule has 3 aromatic carbocycles. The third-order valence-electron chi connectivity index (χ3n) is 9.12. The van der Waals surface area contributed by atoms with Crippen molar-refractivity contribution < 1.29 is 23.8 Å². The van der Waals surface area contributed by atoms with E-state index in [9.17, 15) is 9.90 Å².